The molecule has 0 atom stereocenters. The number of nitrogens with zero attached hydrogens (tertiary/aromatic N) is 2. The van der Waals surface area contributed by atoms with Crippen LogP contribution in [0.4, 0.5) is 0 Å². The molecule has 0 bridgehead atoms. The molecule has 0 spiro atoms. The van der Waals surface area contributed by atoms with E-state index in [1.165, 1.54) is 11.4 Å². The number of amides is 1. The first-order valence-electron chi connectivity index (χ1n) is 8.83. The number of nitrogens with one attached hydrogen (secondary N) is 1. The van der Waals surface area contributed by atoms with Gasteiger partial charge in [-0.3, -0.25) is 4.79 Å². The van der Waals surface area contributed by atoms with Crippen LogP contribution in [0.5, 0.6) is 5.75 Å². The van der Waals surface area contributed by atoms with Gasteiger partial charge in [0.1, 0.15) is 10.6 Å². The van der Waals surface area contributed by atoms with Crippen molar-refractivity contribution in [3.63, 3.8) is 0 Å². The Kier molecular flexibility index (Phi) is 7.02. The summed E-state index contributed by atoms with van der Waals surface area (Å²) in [4.78, 5) is 14.4. The smallest absolute Gasteiger partial charge is 0.246 e. The molecule has 26 heavy (non-hydrogen) atoms. The summed E-state index contributed by atoms with van der Waals surface area (Å²) in [5, 5.41) is 2.93. The number of carbonyl (C=O) groups is 1. The number of aryl methyl sites for hydroxylation is 1. The van der Waals surface area contributed by atoms with E-state index in [1.807, 2.05) is 32.0 Å². The molecule has 1 amide bonds. The van der Waals surface area contributed by atoms with Crippen molar-refractivity contribution in [1.82, 2.24) is 14.5 Å². The van der Waals surface area contributed by atoms with Gasteiger partial charge in [-0.15, -0.1) is 0 Å². The Labute approximate surface area is 156 Å². The van der Waals surface area contributed by atoms with Crippen molar-refractivity contribution in [1.29, 1.82) is 0 Å². The molecule has 0 aromatic heterocycles. The fourth-order valence-electron chi connectivity index (χ4n) is 3.03. The second-order valence-electron chi connectivity index (χ2n) is 6.93. The zero-order valence-corrected chi connectivity index (χ0v) is 16.8. The van der Waals surface area contributed by atoms with Crippen molar-refractivity contribution in [2.45, 2.75) is 24.7 Å². The predicted molar refractivity (Wildman–Crippen MR) is 101 cm³/mol. The number of sulfonamides is 1. The first-order valence-corrected chi connectivity index (χ1v) is 10.3. The van der Waals surface area contributed by atoms with E-state index < -0.39 is 10.0 Å². The normalized spacial score (nSPS) is 16.7. The Morgan fingerprint density at radius 2 is 1.96 bits per heavy atom. The van der Waals surface area contributed by atoms with Crippen LogP contribution < -0.4 is 10.1 Å². The third-order valence-electron chi connectivity index (χ3n) is 4.62. The third kappa shape index (κ3) is 4.96. The van der Waals surface area contributed by atoms with Gasteiger partial charge >= 0.3 is 0 Å². The van der Waals surface area contributed by atoms with Crippen LogP contribution in [-0.4, -0.2) is 70.9 Å². The van der Waals surface area contributed by atoms with Crippen LogP contribution in [0, 0.1) is 12.8 Å². The maximum atomic E-state index is 13.0. The predicted octanol–water partition coefficient (Wildman–Crippen LogP) is 1.08. The van der Waals surface area contributed by atoms with Gasteiger partial charge in [-0.25, -0.2) is 8.42 Å². The van der Waals surface area contributed by atoms with E-state index in [1.54, 1.807) is 12.1 Å². The quantitative estimate of drug-likeness (QED) is 0.762. The van der Waals surface area contributed by atoms with Gasteiger partial charge in [0, 0.05) is 32.1 Å². The lowest BCUT2D eigenvalue weighted by molar-refractivity contribution is -0.126. The van der Waals surface area contributed by atoms with Crippen molar-refractivity contribution < 1.29 is 17.9 Å². The standard InChI is InChI=1S/C18H29N3O4S/c1-14-5-6-16(25-4)17(13-14)26(23,24)21-10-7-15(8-11-21)18(22)19-9-12-20(2)3/h5-6,13,15H,7-12H2,1-4H3,(H,19,22). The lowest BCUT2D eigenvalue weighted by Gasteiger charge is -2.31. The maximum absolute atomic E-state index is 13.0. The second kappa shape index (κ2) is 8.83. The highest BCUT2D eigenvalue weighted by atomic mass is 32.2. The molecule has 1 aromatic carbocycles. The molecule has 0 unspecified atom stereocenters. The molecular weight excluding hydrogens is 354 g/mol. The zero-order valence-electron chi connectivity index (χ0n) is 16.0. The molecule has 0 aliphatic carbocycles. The molecule has 1 aliphatic heterocycles. The largest absolute Gasteiger partial charge is 0.495 e. The highest BCUT2D eigenvalue weighted by Crippen LogP contribution is 2.30. The summed E-state index contributed by atoms with van der Waals surface area (Å²) in [6, 6.07) is 5.13. The number of rotatable bonds is 7. The van der Waals surface area contributed by atoms with Crippen molar-refractivity contribution >= 4 is 15.9 Å². The SMILES string of the molecule is COc1ccc(C)cc1S(=O)(=O)N1CCC(C(=O)NCCN(C)C)CC1. The van der Waals surface area contributed by atoms with Crippen molar-refractivity contribution in [3.8, 4) is 5.75 Å². The molecule has 2 rings (SSSR count). The van der Waals surface area contributed by atoms with Gasteiger partial charge in [-0.05, 0) is 51.6 Å². The van der Waals surface area contributed by atoms with Crippen LogP contribution in [0.15, 0.2) is 23.1 Å². The number of likely N-dealkylation sites (N-methyl/N-ethyl adjacent to an activating group) is 1. The van der Waals surface area contributed by atoms with Crippen LogP contribution in [0.3, 0.4) is 0 Å². The highest BCUT2D eigenvalue weighted by molar-refractivity contribution is 7.89. The fourth-order valence-corrected chi connectivity index (χ4v) is 4.74. The number of carbonyl (C=O) groups excluding carboxylic acids is 1. The molecule has 1 aliphatic rings. The van der Waals surface area contributed by atoms with Crippen LogP contribution in [0.2, 0.25) is 0 Å². The minimum atomic E-state index is -3.63. The fraction of sp³-hybridized carbons (Fsp3) is 0.611. The molecule has 8 heteroatoms. The van der Waals surface area contributed by atoms with Gasteiger partial charge in [0.25, 0.3) is 0 Å². The molecule has 0 radical (unpaired) electrons. The van der Waals surface area contributed by atoms with Crippen LogP contribution in [0.1, 0.15) is 18.4 Å². The number of benzene rings is 1. The molecule has 1 fully saturated rings. The first-order chi connectivity index (χ1) is 12.3. The van der Waals surface area contributed by atoms with E-state index in [0.29, 0.717) is 38.2 Å². The summed E-state index contributed by atoms with van der Waals surface area (Å²) in [6.45, 7) is 3.91. The van der Waals surface area contributed by atoms with Crippen molar-refractivity contribution in [2.24, 2.45) is 5.92 Å². The van der Waals surface area contributed by atoms with E-state index >= 15 is 0 Å². The Bertz CT molecular complexity index is 726. The summed E-state index contributed by atoms with van der Waals surface area (Å²) < 4.78 is 32.6. The first kappa shape index (κ1) is 20.7. The average molecular weight is 384 g/mol. The maximum Gasteiger partial charge on any atom is 0.246 e. The summed E-state index contributed by atoms with van der Waals surface area (Å²) in [5.41, 5.74) is 0.861. The number of ether oxygens (including phenoxy) is 1. The van der Waals surface area contributed by atoms with Crippen LogP contribution >= 0.6 is 0 Å². The van der Waals surface area contributed by atoms with E-state index in [9.17, 15) is 13.2 Å². The Hall–Kier alpha value is -1.64. The summed E-state index contributed by atoms with van der Waals surface area (Å²) in [6.07, 6.45) is 1.06. The second-order valence-corrected chi connectivity index (χ2v) is 8.83. The molecule has 1 N–H and O–H groups in total. The lowest BCUT2D eigenvalue weighted by Crippen LogP contribution is -2.44. The minimum Gasteiger partial charge on any atom is -0.495 e. The van der Waals surface area contributed by atoms with Gasteiger partial charge in [-0.2, -0.15) is 4.31 Å². The number of hydrogen-bond donors (Lipinski definition) is 1. The summed E-state index contributed by atoms with van der Waals surface area (Å²) >= 11 is 0. The molecular formula is C18H29N3O4S. The lowest BCUT2D eigenvalue weighted by atomic mass is 9.97. The van der Waals surface area contributed by atoms with Crippen LogP contribution in [0.25, 0.3) is 0 Å². The molecule has 1 heterocycles. The van der Waals surface area contributed by atoms with Gasteiger partial charge < -0.3 is 15.0 Å². The van der Waals surface area contributed by atoms with E-state index in [0.717, 1.165) is 12.1 Å². The Morgan fingerprint density at radius 3 is 2.54 bits per heavy atom. The Morgan fingerprint density at radius 1 is 1.31 bits per heavy atom. The molecule has 1 aromatic rings. The van der Waals surface area contributed by atoms with E-state index in [-0.39, 0.29) is 16.7 Å². The topological polar surface area (TPSA) is 79.0 Å². The van der Waals surface area contributed by atoms with Crippen molar-refractivity contribution in [3.05, 3.63) is 23.8 Å². The van der Waals surface area contributed by atoms with Gasteiger partial charge in [-0.1, -0.05) is 6.07 Å². The molecule has 0 saturated carbocycles. The van der Waals surface area contributed by atoms with E-state index in [4.69, 9.17) is 4.74 Å². The number of piperidine rings is 1. The van der Waals surface area contributed by atoms with Crippen molar-refractivity contribution in [2.75, 3.05) is 47.4 Å². The van der Waals surface area contributed by atoms with Crippen LogP contribution in [-0.2, 0) is 14.8 Å². The third-order valence-corrected chi connectivity index (χ3v) is 6.54. The summed E-state index contributed by atoms with van der Waals surface area (Å²) in [7, 11) is 1.74. The highest BCUT2D eigenvalue weighted by Gasteiger charge is 2.33. The minimum absolute atomic E-state index is 0.0111. The average Bonchev–Trinajstić information content (AvgIpc) is 2.61. The summed E-state index contributed by atoms with van der Waals surface area (Å²) in [5.74, 6) is 0.221. The molecule has 7 nitrogen and oxygen atoms in total. The number of hydrogen-bond acceptors (Lipinski definition) is 5. The zero-order chi connectivity index (χ0) is 19.3. The van der Waals surface area contributed by atoms with Gasteiger partial charge in [0.2, 0.25) is 15.9 Å². The monoisotopic (exact) mass is 383 g/mol. The van der Waals surface area contributed by atoms with Gasteiger partial charge in [0.05, 0.1) is 7.11 Å². The number of methoxy groups -OCH3 is 1. The molecule has 146 valence electrons. The van der Waals surface area contributed by atoms with Gasteiger partial charge in [0.15, 0.2) is 0 Å². The molecule has 1 saturated heterocycles. The Balaban J connectivity index is 2.01. The van der Waals surface area contributed by atoms with E-state index in [2.05, 4.69) is 5.32 Å².